The molecule has 3 aromatic carbocycles. The monoisotopic (exact) mass is 691 g/mol. The van der Waals surface area contributed by atoms with Crippen LogP contribution >= 0.6 is 0 Å². The molecule has 2 fully saturated rings. The van der Waals surface area contributed by atoms with Gasteiger partial charge in [0.25, 0.3) is 5.91 Å². The van der Waals surface area contributed by atoms with Crippen molar-refractivity contribution >= 4 is 27.0 Å². The van der Waals surface area contributed by atoms with Gasteiger partial charge in [0.2, 0.25) is 10.0 Å². The summed E-state index contributed by atoms with van der Waals surface area (Å²) in [5.41, 5.74) is 4.12. The second-order valence-electron chi connectivity index (χ2n) is 13.6. The number of fused-ring (bicyclic) bond motifs is 1. The summed E-state index contributed by atoms with van der Waals surface area (Å²) in [6.45, 7) is 9.26. The zero-order valence-electron chi connectivity index (χ0n) is 29.2. The van der Waals surface area contributed by atoms with Crippen LogP contribution in [0.1, 0.15) is 71.5 Å². The lowest BCUT2D eigenvalue weighted by atomic mass is 9.71. The lowest BCUT2D eigenvalue weighted by molar-refractivity contribution is 0.0286. The highest BCUT2D eigenvalue weighted by Gasteiger charge is 2.39. The summed E-state index contributed by atoms with van der Waals surface area (Å²) >= 11 is 0. The smallest absolute Gasteiger partial charge is 0.256 e. The number of nitrogens with zero attached hydrogens (tertiary/aromatic N) is 4. The first-order valence-corrected chi connectivity index (χ1v) is 18.3. The number of hydrogen-bond donors (Lipinski definition) is 1. The SMILES string of the molecule is COc1cc(C)c(S(=O)(=O)N(C)C(C)c2nc3cccc(C(=O)N4CCC5(CCN(Cc6ccc(OC)c(F)c6)CC5)CC4)c3[nH]2)c(C)c1. The van der Waals surface area contributed by atoms with Crippen LogP contribution in [0.2, 0.25) is 0 Å². The van der Waals surface area contributed by atoms with Crippen LogP contribution in [0, 0.1) is 25.1 Å². The van der Waals surface area contributed by atoms with E-state index in [0.717, 1.165) is 44.3 Å². The minimum absolute atomic E-state index is 0.0484. The molecule has 2 aliphatic rings. The molecule has 262 valence electrons. The Hall–Kier alpha value is -4.00. The highest BCUT2D eigenvalue weighted by atomic mass is 32.2. The quantitative estimate of drug-likeness (QED) is 0.222. The second kappa shape index (κ2) is 13.7. The minimum atomic E-state index is -3.87. The average Bonchev–Trinajstić information content (AvgIpc) is 3.53. The van der Waals surface area contributed by atoms with Crippen LogP contribution in [0.3, 0.4) is 0 Å². The number of methoxy groups -OCH3 is 2. The number of piperidine rings is 2. The minimum Gasteiger partial charge on any atom is -0.497 e. The molecule has 12 heteroatoms. The van der Waals surface area contributed by atoms with E-state index in [9.17, 15) is 17.6 Å². The number of rotatable bonds is 9. The van der Waals surface area contributed by atoms with Crippen molar-refractivity contribution in [3.8, 4) is 11.5 Å². The van der Waals surface area contributed by atoms with E-state index in [1.54, 1.807) is 59.2 Å². The molecule has 1 unspecified atom stereocenters. The molecule has 1 N–H and O–H groups in total. The van der Waals surface area contributed by atoms with Crippen molar-refractivity contribution in [1.82, 2.24) is 24.1 Å². The molecule has 49 heavy (non-hydrogen) atoms. The van der Waals surface area contributed by atoms with Gasteiger partial charge >= 0.3 is 0 Å². The summed E-state index contributed by atoms with van der Waals surface area (Å²) in [5.74, 6) is 0.945. The van der Waals surface area contributed by atoms with Gasteiger partial charge in [0.1, 0.15) is 11.6 Å². The summed E-state index contributed by atoms with van der Waals surface area (Å²) in [6, 6.07) is 13.5. The van der Waals surface area contributed by atoms with Crippen LogP contribution in [0.4, 0.5) is 4.39 Å². The van der Waals surface area contributed by atoms with Gasteiger partial charge in [-0.1, -0.05) is 12.1 Å². The van der Waals surface area contributed by atoms with Crippen molar-refractivity contribution in [2.75, 3.05) is 47.4 Å². The summed E-state index contributed by atoms with van der Waals surface area (Å²) in [4.78, 5) is 26.5. The van der Waals surface area contributed by atoms with Crippen molar-refractivity contribution < 1.29 is 27.1 Å². The molecule has 4 aromatic rings. The molecule has 3 heterocycles. The van der Waals surface area contributed by atoms with Gasteiger partial charge in [0.15, 0.2) is 11.6 Å². The first kappa shape index (κ1) is 34.8. The maximum Gasteiger partial charge on any atom is 0.256 e. The number of aromatic nitrogens is 2. The van der Waals surface area contributed by atoms with E-state index < -0.39 is 16.1 Å². The predicted molar refractivity (Wildman–Crippen MR) is 187 cm³/mol. The molecule has 1 amide bonds. The van der Waals surface area contributed by atoms with Crippen molar-refractivity contribution in [2.24, 2.45) is 5.41 Å². The van der Waals surface area contributed by atoms with E-state index in [1.165, 1.54) is 11.4 Å². The van der Waals surface area contributed by atoms with Crippen molar-refractivity contribution in [2.45, 2.75) is 63.9 Å². The third-order valence-corrected chi connectivity index (χ3v) is 12.9. The van der Waals surface area contributed by atoms with Gasteiger partial charge in [-0.2, -0.15) is 4.31 Å². The molecule has 1 aromatic heterocycles. The van der Waals surface area contributed by atoms with Crippen LogP contribution in [-0.2, 0) is 16.6 Å². The van der Waals surface area contributed by atoms with Crippen LogP contribution in [0.15, 0.2) is 53.4 Å². The number of H-pyrrole nitrogens is 1. The highest BCUT2D eigenvalue weighted by molar-refractivity contribution is 7.89. The van der Waals surface area contributed by atoms with E-state index in [0.29, 0.717) is 58.9 Å². The Kier molecular flexibility index (Phi) is 9.76. The number of halogens is 1. The van der Waals surface area contributed by atoms with Crippen LogP contribution in [0.25, 0.3) is 11.0 Å². The fraction of sp³-hybridized carbons (Fsp3) is 0.459. The van der Waals surface area contributed by atoms with E-state index in [1.807, 2.05) is 29.2 Å². The number of benzene rings is 3. The lowest BCUT2D eigenvalue weighted by Gasteiger charge is -2.47. The molecular formula is C37H46FN5O5S. The fourth-order valence-corrected chi connectivity index (χ4v) is 9.23. The van der Waals surface area contributed by atoms with E-state index >= 15 is 0 Å². The summed E-state index contributed by atoms with van der Waals surface area (Å²) in [7, 11) is 0.706. The number of sulfonamides is 1. The predicted octanol–water partition coefficient (Wildman–Crippen LogP) is 6.24. The number of carbonyl (C=O) groups excluding carboxylic acids is 1. The Balaban J connectivity index is 1.11. The Morgan fingerprint density at radius 1 is 1.00 bits per heavy atom. The zero-order valence-corrected chi connectivity index (χ0v) is 30.0. The van der Waals surface area contributed by atoms with Gasteiger partial charge in [-0.15, -0.1) is 0 Å². The Bertz CT molecular complexity index is 1940. The fourth-order valence-electron chi connectivity index (χ4n) is 7.49. The first-order valence-electron chi connectivity index (χ1n) is 16.8. The topological polar surface area (TPSA) is 108 Å². The van der Waals surface area contributed by atoms with Crippen LogP contribution in [-0.4, -0.2) is 85.8 Å². The van der Waals surface area contributed by atoms with Gasteiger partial charge in [-0.05, 0) is 118 Å². The number of aryl methyl sites for hydroxylation is 2. The average molecular weight is 692 g/mol. The number of hydrogen-bond acceptors (Lipinski definition) is 7. The number of nitrogens with one attached hydrogen (secondary N) is 1. The summed E-state index contributed by atoms with van der Waals surface area (Å²) in [6.07, 6.45) is 3.99. The van der Waals surface area contributed by atoms with Crippen molar-refractivity contribution in [3.05, 3.63) is 82.4 Å². The molecule has 0 radical (unpaired) electrons. The molecule has 6 rings (SSSR count). The Morgan fingerprint density at radius 3 is 2.27 bits per heavy atom. The van der Waals surface area contributed by atoms with Gasteiger partial charge in [-0.3, -0.25) is 9.69 Å². The first-order chi connectivity index (χ1) is 23.4. The summed E-state index contributed by atoms with van der Waals surface area (Å²) < 4.78 is 53.5. The normalized spacial score (nSPS) is 17.5. The Morgan fingerprint density at radius 2 is 1.65 bits per heavy atom. The van der Waals surface area contributed by atoms with Gasteiger partial charge in [0, 0.05) is 26.7 Å². The van der Waals surface area contributed by atoms with Gasteiger partial charge in [-0.25, -0.2) is 17.8 Å². The maximum absolute atomic E-state index is 14.2. The second-order valence-corrected chi connectivity index (χ2v) is 15.6. The molecule has 2 aliphatic heterocycles. The molecule has 1 atom stereocenters. The molecule has 0 bridgehead atoms. The molecule has 10 nitrogen and oxygen atoms in total. The molecule has 0 aliphatic carbocycles. The van der Waals surface area contributed by atoms with Crippen LogP contribution < -0.4 is 9.47 Å². The standard InChI is InChI=1S/C37H46FN5O5S/c1-24-20-28(47-5)21-25(2)34(24)49(45,46)41(4)26(3)35-39-31-9-7-8-29(33(31)40-35)36(44)43-18-14-37(15-19-43)12-16-42(17-13-37)23-27-10-11-32(48-6)30(38)22-27/h7-11,20-22,26H,12-19,23H2,1-6H3,(H,39,40). The molecule has 1 spiro atoms. The third kappa shape index (κ3) is 6.78. The Labute approximate surface area is 288 Å². The number of amides is 1. The third-order valence-electron chi connectivity index (χ3n) is 10.7. The van der Waals surface area contributed by atoms with Gasteiger partial charge < -0.3 is 19.4 Å². The molecule has 0 saturated carbocycles. The summed E-state index contributed by atoms with van der Waals surface area (Å²) in [5, 5.41) is 0. The maximum atomic E-state index is 14.2. The van der Waals surface area contributed by atoms with E-state index in [4.69, 9.17) is 14.5 Å². The lowest BCUT2D eigenvalue weighted by Crippen LogP contribution is -2.48. The zero-order chi connectivity index (χ0) is 35.1. The molecule has 2 saturated heterocycles. The molecular weight excluding hydrogens is 646 g/mol. The van der Waals surface area contributed by atoms with E-state index in [-0.39, 0.29) is 27.8 Å². The van der Waals surface area contributed by atoms with E-state index in [2.05, 4.69) is 9.88 Å². The number of ether oxygens (including phenoxy) is 2. The van der Waals surface area contributed by atoms with Crippen molar-refractivity contribution in [1.29, 1.82) is 0 Å². The number of para-hydroxylation sites is 1. The van der Waals surface area contributed by atoms with Gasteiger partial charge in [0.05, 0.1) is 41.8 Å². The number of carbonyl (C=O) groups is 1. The largest absolute Gasteiger partial charge is 0.497 e. The number of imidazole rings is 1. The highest BCUT2D eigenvalue weighted by Crippen LogP contribution is 2.42. The van der Waals surface area contributed by atoms with Crippen LogP contribution in [0.5, 0.6) is 11.5 Å². The number of likely N-dealkylation sites (tertiary alicyclic amines) is 2. The number of aromatic amines is 1. The van der Waals surface area contributed by atoms with Crippen molar-refractivity contribution in [3.63, 3.8) is 0 Å².